The van der Waals surface area contributed by atoms with Crippen LogP contribution in [0.1, 0.15) is 46.0 Å². The van der Waals surface area contributed by atoms with E-state index in [4.69, 9.17) is 4.99 Å². The second kappa shape index (κ2) is 9.71. The molecule has 1 atom stereocenters. The molecule has 0 bridgehead atoms. The van der Waals surface area contributed by atoms with E-state index in [0.717, 1.165) is 38.6 Å². The Bertz CT molecular complexity index is 603. The number of rotatable bonds is 5. The Kier molecular flexibility index (Phi) is 7.91. The Morgan fingerprint density at radius 3 is 2.88 bits per heavy atom. The van der Waals surface area contributed by atoms with Crippen LogP contribution < -0.4 is 15.5 Å². The molecule has 26 heavy (non-hydrogen) atoms. The summed E-state index contributed by atoms with van der Waals surface area (Å²) in [6.45, 7) is 7.69. The van der Waals surface area contributed by atoms with Crippen LogP contribution in [0.25, 0.3) is 0 Å². The molecule has 2 heterocycles. The third-order valence-electron chi connectivity index (χ3n) is 5.34. The molecule has 2 fully saturated rings. The van der Waals surface area contributed by atoms with Crippen molar-refractivity contribution in [3.8, 4) is 0 Å². The molecular formula is C19H31FIN5. The second-order valence-electron chi connectivity index (χ2n) is 7.60. The quantitative estimate of drug-likeness (QED) is 0.389. The van der Waals surface area contributed by atoms with Crippen LogP contribution in [0.4, 0.5) is 10.2 Å². The zero-order chi connectivity index (χ0) is 17.7. The number of anilines is 1. The molecule has 146 valence electrons. The van der Waals surface area contributed by atoms with Crippen LogP contribution in [0, 0.1) is 11.2 Å². The average molecular weight is 475 g/mol. The van der Waals surface area contributed by atoms with Crippen molar-refractivity contribution in [1.29, 1.82) is 0 Å². The maximum absolute atomic E-state index is 13.9. The number of halogens is 2. The van der Waals surface area contributed by atoms with Gasteiger partial charge in [0.15, 0.2) is 17.6 Å². The van der Waals surface area contributed by atoms with Gasteiger partial charge in [-0.2, -0.15) is 0 Å². The lowest BCUT2D eigenvalue weighted by Gasteiger charge is -2.23. The van der Waals surface area contributed by atoms with E-state index in [1.807, 2.05) is 4.90 Å². The van der Waals surface area contributed by atoms with E-state index in [1.165, 1.54) is 31.7 Å². The van der Waals surface area contributed by atoms with Crippen LogP contribution in [0.5, 0.6) is 0 Å². The zero-order valence-electron chi connectivity index (χ0n) is 15.8. The normalized spacial score (nSPS) is 22.2. The molecule has 2 aliphatic rings. The lowest BCUT2D eigenvalue weighted by Crippen LogP contribution is -2.45. The number of aromatic nitrogens is 1. The number of guanidine groups is 1. The van der Waals surface area contributed by atoms with Gasteiger partial charge in [0.1, 0.15) is 0 Å². The molecule has 1 saturated carbocycles. The van der Waals surface area contributed by atoms with Crippen molar-refractivity contribution in [2.75, 3.05) is 31.1 Å². The second-order valence-corrected chi connectivity index (χ2v) is 7.60. The molecule has 1 aliphatic carbocycles. The van der Waals surface area contributed by atoms with Gasteiger partial charge in [0.05, 0.1) is 0 Å². The lowest BCUT2D eigenvalue weighted by atomic mass is 9.89. The van der Waals surface area contributed by atoms with Crippen molar-refractivity contribution in [2.45, 2.75) is 52.0 Å². The predicted molar refractivity (Wildman–Crippen MR) is 116 cm³/mol. The number of hydrogen-bond donors (Lipinski definition) is 2. The van der Waals surface area contributed by atoms with Crippen LogP contribution in [-0.4, -0.2) is 43.2 Å². The molecule has 0 amide bonds. The summed E-state index contributed by atoms with van der Waals surface area (Å²) in [6.07, 6.45) is 7.79. The van der Waals surface area contributed by atoms with E-state index in [1.54, 1.807) is 12.3 Å². The molecular weight excluding hydrogens is 444 g/mol. The molecule has 0 spiro atoms. The van der Waals surface area contributed by atoms with Crippen molar-refractivity contribution in [2.24, 2.45) is 10.4 Å². The Morgan fingerprint density at radius 1 is 1.42 bits per heavy atom. The topological polar surface area (TPSA) is 52.6 Å². The lowest BCUT2D eigenvalue weighted by molar-refractivity contribution is 0.350. The molecule has 7 heteroatoms. The van der Waals surface area contributed by atoms with Crippen molar-refractivity contribution in [1.82, 2.24) is 15.6 Å². The third kappa shape index (κ3) is 5.44. The zero-order valence-corrected chi connectivity index (χ0v) is 18.1. The minimum atomic E-state index is -0.252. The molecule has 1 aliphatic heterocycles. The van der Waals surface area contributed by atoms with E-state index in [-0.39, 0.29) is 35.8 Å². The van der Waals surface area contributed by atoms with Gasteiger partial charge in [0.2, 0.25) is 0 Å². The van der Waals surface area contributed by atoms with Gasteiger partial charge in [-0.3, -0.25) is 4.99 Å². The van der Waals surface area contributed by atoms with Gasteiger partial charge in [-0.15, -0.1) is 24.0 Å². The third-order valence-corrected chi connectivity index (χ3v) is 5.34. The van der Waals surface area contributed by atoms with Gasteiger partial charge >= 0.3 is 0 Å². The van der Waals surface area contributed by atoms with Gasteiger partial charge in [0.25, 0.3) is 0 Å². The molecule has 0 radical (unpaired) electrons. The molecule has 1 aromatic rings. The highest BCUT2D eigenvalue weighted by molar-refractivity contribution is 14.0. The van der Waals surface area contributed by atoms with Crippen LogP contribution in [0.3, 0.4) is 0 Å². The number of aliphatic imine (C=N–C) groups is 1. The van der Waals surface area contributed by atoms with Crippen LogP contribution in [0.2, 0.25) is 0 Å². The summed E-state index contributed by atoms with van der Waals surface area (Å²) in [7, 11) is 0. The average Bonchev–Trinajstić information content (AvgIpc) is 3.23. The fourth-order valence-corrected chi connectivity index (χ4v) is 3.85. The van der Waals surface area contributed by atoms with Gasteiger partial charge in [-0.25, -0.2) is 9.37 Å². The van der Waals surface area contributed by atoms with Crippen LogP contribution in [0.15, 0.2) is 23.3 Å². The number of nitrogens with zero attached hydrogens (tertiary/aromatic N) is 3. The maximum Gasteiger partial charge on any atom is 0.191 e. The van der Waals surface area contributed by atoms with Crippen molar-refractivity contribution >= 4 is 35.8 Å². The summed E-state index contributed by atoms with van der Waals surface area (Å²) in [4.78, 5) is 11.0. The van der Waals surface area contributed by atoms with E-state index in [2.05, 4.69) is 29.5 Å². The molecule has 3 rings (SSSR count). The molecule has 0 aromatic carbocycles. The van der Waals surface area contributed by atoms with Crippen molar-refractivity contribution < 1.29 is 4.39 Å². The predicted octanol–water partition coefficient (Wildman–Crippen LogP) is 3.55. The van der Waals surface area contributed by atoms with Crippen molar-refractivity contribution in [3.63, 3.8) is 0 Å². The fourth-order valence-electron chi connectivity index (χ4n) is 3.85. The summed E-state index contributed by atoms with van der Waals surface area (Å²) >= 11 is 0. The largest absolute Gasteiger partial charge is 0.357 e. The summed E-state index contributed by atoms with van der Waals surface area (Å²) < 4.78 is 13.9. The highest BCUT2D eigenvalue weighted by atomic mass is 127. The first-order chi connectivity index (χ1) is 12.1. The monoisotopic (exact) mass is 475 g/mol. The van der Waals surface area contributed by atoms with Crippen LogP contribution >= 0.6 is 24.0 Å². The Hall–Kier alpha value is -1.12. The first kappa shape index (κ1) is 21.2. The van der Waals surface area contributed by atoms with Crippen LogP contribution in [-0.2, 0) is 0 Å². The summed E-state index contributed by atoms with van der Waals surface area (Å²) in [6, 6.07) is 3.36. The first-order valence-electron chi connectivity index (χ1n) is 9.50. The molecule has 5 nitrogen and oxygen atoms in total. The Morgan fingerprint density at radius 2 is 2.19 bits per heavy atom. The summed E-state index contributed by atoms with van der Waals surface area (Å²) in [5.74, 6) is 1.08. The molecule has 2 N–H and O–H groups in total. The van der Waals surface area contributed by atoms with E-state index in [0.29, 0.717) is 11.2 Å². The first-order valence-corrected chi connectivity index (χ1v) is 9.50. The highest BCUT2D eigenvalue weighted by Gasteiger charge is 2.29. The van der Waals surface area contributed by atoms with Gasteiger partial charge in [0, 0.05) is 38.4 Å². The molecule has 1 aromatic heterocycles. The highest BCUT2D eigenvalue weighted by Crippen LogP contribution is 2.37. The minimum Gasteiger partial charge on any atom is -0.357 e. The van der Waals surface area contributed by atoms with Gasteiger partial charge < -0.3 is 15.5 Å². The fraction of sp³-hybridized carbons (Fsp3) is 0.684. The number of pyridine rings is 1. The SMILES string of the molecule is CCNC(=NCC1(C)CCCC1)NC1CCN(c2ncccc2F)C1.I. The van der Waals surface area contributed by atoms with Gasteiger partial charge in [-0.1, -0.05) is 19.8 Å². The smallest absolute Gasteiger partial charge is 0.191 e. The maximum atomic E-state index is 13.9. The standard InChI is InChI=1S/C19H30FN5.HI/c1-3-21-18(23-14-19(2)9-4-5-10-19)24-15-8-12-25(13-15)17-16(20)7-6-11-22-17;/h6-7,11,15H,3-5,8-10,12-14H2,1-2H3,(H2,21,23,24);1H. The van der Waals surface area contributed by atoms with Crippen molar-refractivity contribution in [3.05, 3.63) is 24.1 Å². The minimum absolute atomic E-state index is 0. The Labute approximate surface area is 173 Å². The summed E-state index contributed by atoms with van der Waals surface area (Å²) in [5, 5.41) is 6.87. The molecule has 1 unspecified atom stereocenters. The molecule has 1 saturated heterocycles. The van der Waals surface area contributed by atoms with E-state index >= 15 is 0 Å². The van der Waals surface area contributed by atoms with Gasteiger partial charge in [-0.05, 0) is 43.7 Å². The Balaban J connectivity index is 0.00000243. The number of hydrogen-bond acceptors (Lipinski definition) is 3. The van der Waals surface area contributed by atoms with E-state index < -0.39 is 0 Å². The summed E-state index contributed by atoms with van der Waals surface area (Å²) in [5.41, 5.74) is 0.348. The number of nitrogens with one attached hydrogen (secondary N) is 2. The van der Waals surface area contributed by atoms with E-state index in [9.17, 15) is 4.39 Å².